The van der Waals surface area contributed by atoms with Gasteiger partial charge in [-0.25, -0.2) is 27.9 Å². The molecule has 2 N–H and O–H groups in total. The zero-order valence-electron chi connectivity index (χ0n) is 21.8. The lowest BCUT2D eigenvalue weighted by Gasteiger charge is -2.11. The molecule has 0 aliphatic carbocycles. The molecular weight excluding hydrogens is 498 g/mol. The number of sulfonamides is 1. The van der Waals surface area contributed by atoms with Crippen LogP contribution in [0.1, 0.15) is 41.1 Å². The van der Waals surface area contributed by atoms with Crippen LogP contribution in [0.4, 0.5) is 4.79 Å². The number of imidazole rings is 1. The van der Waals surface area contributed by atoms with E-state index >= 15 is 0 Å². The number of aromatic nitrogens is 3. The van der Waals surface area contributed by atoms with Crippen molar-refractivity contribution in [2.24, 2.45) is 0 Å². The van der Waals surface area contributed by atoms with Crippen LogP contribution >= 0.6 is 0 Å². The number of rotatable bonds is 9. The quantitative estimate of drug-likeness (QED) is 0.245. The Kier molecular flexibility index (Phi) is 8.13. The second kappa shape index (κ2) is 11.5. The number of hydrogen-bond donors (Lipinski definition) is 2. The molecule has 0 saturated carbocycles. The van der Waals surface area contributed by atoms with Gasteiger partial charge in [-0.2, -0.15) is 0 Å². The summed E-state index contributed by atoms with van der Waals surface area (Å²) in [4.78, 5) is 21.9. The number of aryl methyl sites for hydroxylation is 4. The topological polar surface area (TPSA) is 106 Å². The van der Waals surface area contributed by atoms with E-state index in [2.05, 4.69) is 20.5 Å². The van der Waals surface area contributed by atoms with Crippen molar-refractivity contribution in [3.63, 3.8) is 0 Å². The van der Waals surface area contributed by atoms with Crippen LogP contribution in [0.3, 0.4) is 0 Å². The number of nitrogens with one attached hydrogen (secondary N) is 2. The minimum atomic E-state index is -3.93. The van der Waals surface area contributed by atoms with Crippen LogP contribution in [-0.4, -0.2) is 35.5 Å². The van der Waals surface area contributed by atoms with Crippen LogP contribution in [0, 0.1) is 33.1 Å². The van der Waals surface area contributed by atoms with Gasteiger partial charge < -0.3 is 5.32 Å². The van der Waals surface area contributed by atoms with Gasteiger partial charge in [-0.15, -0.1) is 12.3 Å². The van der Waals surface area contributed by atoms with Gasteiger partial charge in [0.25, 0.3) is 10.0 Å². The Morgan fingerprint density at radius 1 is 1.00 bits per heavy atom. The van der Waals surface area contributed by atoms with Crippen LogP contribution in [0.15, 0.2) is 59.5 Å². The summed E-state index contributed by atoms with van der Waals surface area (Å²) in [6.07, 6.45) is 8.24. The lowest BCUT2D eigenvalue weighted by molar-refractivity contribution is 0.246. The van der Waals surface area contributed by atoms with Crippen molar-refractivity contribution in [1.29, 1.82) is 0 Å². The zero-order chi connectivity index (χ0) is 27.3. The van der Waals surface area contributed by atoms with Crippen LogP contribution in [-0.2, 0) is 22.9 Å². The molecule has 2 heterocycles. The molecule has 2 aromatic carbocycles. The molecule has 0 unspecified atom stereocenters. The van der Waals surface area contributed by atoms with E-state index in [-0.39, 0.29) is 11.4 Å². The molecule has 0 atom stereocenters. The monoisotopic (exact) mass is 529 g/mol. The molecular formula is C29H31N5O3S. The van der Waals surface area contributed by atoms with E-state index in [0.717, 1.165) is 57.9 Å². The average molecular weight is 530 g/mol. The molecule has 0 radical (unpaired) electrons. The molecule has 0 aliphatic rings. The second-order valence-electron chi connectivity index (χ2n) is 9.26. The van der Waals surface area contributed by atoms with Gasteiger partial charge in [0.1, 0.15) is 11.3 Å². The Balaban J connectivity index is 1.43. The van der Waals surface area contributed by atoms with E-state index in [4.69, 9.17) is 16.4 Å². The first-order valence-corrected chi connectivity index (χ1v) is 13.9. The molecule has 9 heteroatoms. The Hall–Kier alpha value is -4.16. The van der Waals surface area contributed by atoms with Gasteiger partial charge in [0, 0.05) is 30.8 Å². The van der Waals surface area contributed by atoms with Crippen molar-refractivity contribution >= 4 is 27.2 Å². The third-order valence-corrected chi connectivity index (χ3v) is 7.52. The highest BCUT2D eigenvalue weighted by atomic mass is 32.2. The fourth-order valence-electron chi connectivity index (χ4n) is 4.26. The normalized spacial score (nSPS) is 11.3. The highest BCUT2D eigenvalue weighted by molar-refractivity contribution is 7.90. The lowest BCUT2D eigenvalue weighted by atomic mass is 10.1. The number of amides is 2. The van der Waals surface area contributed by atoms with E-state index in [1.165, 1.54) is 12.1 Å². The van der Waals surface area contributed by atoms with Crippen molar-refractivity contribution in [3.05, 3.63) is 82.8 Å². The standard InChI is InChI=1S/C29H31N5O3S/c1-5-6-7-8-26-32-27-21(3)19-22(4)31-28(27)34(26)24-13-11-23(12-14-24)17-18-30-29(35)33-38(36,37)25-15-9-20(2)10-16-25/h1,9-16,19H,6-8,17-18H2,2-4H3,(H2,30,33,35). The molecule has 0 spiro atoms. The van der Waals surface area contributed by atoms with Crippen LogP contribution in [0.5, 0.6) is 0 Å². The second-order valence-corrected chi connectivity index (χ2v) is 10.9. The Morgan fingerprint density at radius 3 is 2.39 bits per heavy atom. The van der Waals surface area contributed by atoms with Crippen molar-refractivity contribution in [2.75, 3.05) is 6.54 Å². The number of urea groups is 1. The SMILES string of the molecule is C#CCCCc1nc2c(C)cc(C)nc2n1-c1ccc(CCNC(=O)NS(=O)(=O)c2ccc(C)cc2)cc1. The van der Waals surface area contributed by atoms with E-state index in [9.17, 15) is 13.2 Å². The zero-order valence-corrected chi connectivity index (χ0v) is 22.6. The van der Waals surface area contributed by atoms with Crippen molar-refractivity contribution in [3.8, 4) is 18.0 Å². The summed E-state index contributed by atoms with van der Waals surface area (Å²) in [6, 6.07) is 15.5. The predicted molar refractivity (Wildman–Crippen MR) is 149 cm³/mol. The molecule has 2 amide bonds. The van der Waals surface area contributed by atoms with E-state index in [1.54, 1.807) is 12.1 Å². The lowest BCUT2D eigenvalue weighted by Crippen LogP contribution is -2.40. The number of fused-ring (bicyclic) bond motifs is 1. The van der Waals surface area contributed by atoms with Gasteiger partial charge in [-0.1, -0.05) is 29.8 Å². The average Bonchev–Trinajstić information content (AvgIpc) is 3.23. The first-order valence-electron chi connectivity index (χ1n) is 12.4. The molecule has 0 fully saturated rings. The highest BCUT2D eigenvalue weighted by Gasteiger charge is 2.18. The number of unbranched alkanes of at least 4 members (excludes halogenated alkanes) is 1. The molecule has 0 saturated heterocycles. The van der Waals surface area contributed by atoms with Gasteiger partial charge in [-0.3, -0.25) is 4.57 Å². The smallest absolute Gasteiger partial charge is 0.328 e. The van der Waals surface area contributed by atoms with Gasteiger partial charge in [0.05, 0.1) is 4.90 Å². The van der Waals surface area contributed by atoms with Crippen LogP contribution in [0.2, 0.25) is 0 Å². The van der Waals surface area contributed by atoms with Gasteiger partial charge >= 0.3 is 6.03 Å². The molecule has 196 valence electrons. The fraction of sp³-hybridized carbons (Fsp3) is 0.276. The number of nitrogens with zero attached hydrogens (tertiary/aromatic N) is 3. The minimum Gasteiger partial charge on any atom is -0.337 e. The number of carbonyl (C=O) groups is 1. The minimum absolute atomic E-state index is 0.0411. The summed E-state index contributed by atoms with van der Waals surface area (Å²) >= 11 is 0. The maximum atomic E-state index is 12.4. The third-order valence-electron chi connectivity index (χ3n) is 6.18. The fourth-order valence-corrected chi connectivity index (χ4v) is 5.19. The number of benzene rings is 2. The van der Waals surface area contributed by atoms with E-state index in [0.29, 0.717) is 12.8 Å². The van der Waals surface area contributed by atoms with Crippen LogP contribution in [0.25, 0.3) is 16.9 Å². The summed E-state index contributed by atoms with van der Waals surface area (Å²) in [6.45, 7) is 6.15. The van der Waals surface area contributed by atoms with E-state index in [1.807, 2.05) is 51.1 Å². The third kappa shape index (κ3) is 6.21. The van der Waals surface area contributed by atoms with Crippen molar-refractivity contribution in [2.45, 2.75) is 51.3 Å². The summed E-state index contributed by atoms with van der Waals surface area (Å²) in [7, 11) is -3.93. The largest absolute Gasteiger partial charge is 0.337 e. The molecule has 4 aromatic rings. The van der Waals surface area contributed by atoms with Gasteiger partial charge in [0.2, 0.25) is 0 Å². The van der Waals surface area contributed by atoms with Crippen molar-refractivity contribution in [1.82, 2.24) is 24.6 Å². The van der Waals surface area contributed by atoms with Gasteiger partial charge in [-0.05, 0) is 75.1 Å². The molecule has 38 heavy (non-hydrogen) atoms. The van der Waals surface area contributed by atoms with E-state index < -0.39 is 16.1 Å². The summed E-state index contributed by atoms with van der Waals surface area (Å²) < 4.78 is 28.9. The highest BCUT2D eigenvalue weighted by Crippen LogP contribution is 2.25. The Labute approximate surface area is 223 Å². The summed E-state index contributed by atoms with van der Waals surface area (Å²) in [5.74, 6) is 3.60. The number of pyridine rings is 1. The molecule has 8 nitrogen and oxygen atoms in total. The maximum Gasteiger partial charge on any atom is 0.328 e. The number of carbonyl (C=O) groups excluding carboxylic acids is 1. The number of hydrogen-bond acceptors (Lipinski definition) is 5. The van der Waals surface area contributed by atoms with Crippen LogP contribution < -0.4 is 10.0 Å². The molecule has 4 rings (SSSR count). The Bertz CT molecular complexity index is 1600. The summed E-state index contributed by atoms with van der Waals surface area (Å²) in [5, 5.41) is 2.61. The first-order chi connectivity index (χ1) is 18.2. The predicted octanol–water partition coefficient (Wildman–Crippen LogP) is 4.53. The Morgan fingerprint density at radius 2 is 1.71 bits per heavy atom. The molecule has 0 aliphatic heterocycles. The molecule has 0 bridgehead atoms. The first kappa shape index (κ1) is 26.9. The summed E-state index contributed by atoms with van der Waals surface area (Å²) in [5.41, 5.74) is 6.58. The molecule has 2 aromatic heterocycles. The van der Waals surface area contributed by atoms with Gasteiger partial charge in [0.15, 0.2) is 5.65 Å². The number of terminal acetylenes is 1. The van der Waals surface area contributed by atoms with Crippen molar-refractivity contribution < 1.29 is 13.2 Å². The maximum absolute atomic E-state index is 12.4.